The quantitative estimate of drug-likeness (QED) is 0.0276. The predicted molar refractivity (Wildman–Crippen MR) is 516 cm³/mol. The molecule has 32 nitrogen and oxygen atoms in total. The van der Waals surface area contributed by atoms with E-state index in [0.717, 1.165) is 95.6 Å². The van der Waals surface area contributed by atoms with Gasteiger partial charge in [-0.2, -0.15) is 38.7 Å². The Kier molecular flexibility index (Phi) is 29.4. The number of alkyl halides is 3. The molecule has 0 aliphatic rings. The third kappa shape index (κ3) is 22.3. The van der Waals surface area contributed by atoms with E-state index in [1.54, 1.807) is 25.5 Å². The second-order valence-electron chi connectivity index (χ2n) is 36.1. The lowest BCUT2D eigenvalue weighted by molar-refractivity contribution is -0.171. The van der Waals surface area contributed by atoms with Gasteiger partial charge in [0.25, 0.3) is 0 Å². The monoisotopic (exact) mass is 1860 g/mol. The topological polar surface area (TPSA) is 436 Å². The van der Waals surface area contributed by atoms with Crippen molar-refractivity contribution in [1.82, 2.24) is 113 Å². The van der Waals surface area contributed by atoms with Crippen LogP contribution in [0, 0.1) is 34.6 Å². The van der Waals surface area contributed by atoms with Crippen LogP contribution in [0.1, 0.15) is 135 Å². The van der Waals surface area contributed by atoms with Gasteiger partial charge in [0, 0.05) is 76.4 Å². The predicted octanol–water partition coefficient (Wildman–Crippen LogP) is 17.3. The number of anilines is 5. The number of aromatic nitrogens is 20. The van der Waals surface area contributed by atoms with Crippen molar-refractivity contribution in [3.63, 3.8) is 0 Å². The summed E-state index contributed by atoms with van der Waals surface area (Å²) in [5, 5.41) is 30.4. The van der Waals surface area contributed by atoms with Crippen molar-refractivity contribution in [2.75, 3.05) is 62.4 Å². The van der Waals surface area contributed by atoms with Crippen molar-refractivity contribution < 1.29 is 32.3 Å². The van der Waals surface area contributed by atoms with Crippen LogP contribution in [0.4, 0.5) is 47.1 Å². The van der Waals surface area contributed by atoms with Crippen molar-refractivity contribution in [2.24, 2.45) is 0 Å². The number of carbonyl (C=O) groups excluding carboxylic acids is 3. The van der Waals surface area contributed by atoms with Gasteiger partial charge in [0.1, 0.15) is 102 Å². The Morgan fingerprint density at radius 2 is 0.644 bits per heavy atom. The van der Waals surface area contributed by atoms with Crippen LogP contribution in [-0.2, 0) is 48.6 Å². The van der Waals surface area contributed by atoms with Crippen LogP contribution in [0.3, 0.4) is 0 Å². The fourth-order valence-electron chi connectivity index (χ4n) is 15.0. The number of ketones is 2. The number of alkyl carbamates (subject to hydrolysis) is 1. The lowest BCUT2D eigenvalue weighted by Gasteiger charge is -2.29. The summed E-state index contributed by atoms with van der Waals surface area (Å²) in [7, 11) is 4.11. The van der Waals surface area contributed by atoms with Crippen molar-refractivity contribution in [3.05, 3.63) is 217 Å². The molecule has 36 heteroatoms. The van der Waals surface area contributed by atoms with Crippen molar-refractivity contribution in [1.29, 1.82) is 0 Å². The highest BCUT2D eigenvalue weighted by Gasteiger charge is 2.40. The molecule has 1 amide bonds. The maximum atomic E-state index is 12.6. The lowest BCUT2D eigenvalue weighted by Crippen LogP contribution is -2.41. The second-order valence-corrected chi connectivity index (χ2v) is 36.6. The number of nitrogen functional groups attached to an aromatic ring is 5. The number of Topliss-reactive ketones (excluding diaryl/α,β-unsaturated/α-hetero) is 2. The number of hydrogen-bond donors (Lipinski definition) is 7. The van der Waals surface area contributed by atoms with Gasteiger partial charge in [-0.05, 0) is 143 Å². The molecule has 16 rings (SSSR count). The molecule has 0 aliphatic heterocycles. The van der Waals surface area contributed by atoms with E-state index in [0.29, 0.717) is 81.8 Å². The Labute approximate surface area is 771 Å². The molecule has 6 aromatic carbocycles. The van der Waals surface area contributed by atoms with Crippen molar-refractivity contribution in [2.45, 2.75) is 177 Å². The number of nitrogens with one attached hydrogen (secondary N) is 2. The second kappa shape index (κ2) is 40.1. The van der Waals surface area contributed by atoms with Gasteiger partial charge in [-0.25, -0.2) is 78.0 Å². The standard InChI is InChI=1S/C24H26N6O2.C19H20F3N5O.C19H23N5O.C18H24N6.C16H19BrN6/c1-16-9-11-18(12-10-16)20-19-21(25)27-15-28-22(19)30(29-20)24(2,3)14-26-23(31)32-13-17-7-5-4-6-8-17;1-11-4-6-12(7-5-11)15-14-16(23)24-10-25-17(14)27(26-15)18(2,3)9-8-13(28)19(20,21)22;1-12-5-7-14(8-6-12)16-15-17(20)21-11-22-18(15)24(23-16)19(3,4)10-9-13(2)25;1-12-6-8-13(9-7-12)15-14-16(19)20-11-21-17(14)24(22-15)18(2,3)10-23(4)5;1-10-4-6-11(7-5-10)13-12-14(18)19-9-20-15(12)23(22-13)16(2,3)8-21-17/h4-12,15H,13-14H2,1-3H3,(H,26,31)(H2,25,27,28);4-7,10H,8-9H2,1-3H3,(H2,23,24,25);5-8,11H,9-10H2,1-4H3,(H2,20,21,22);6-9,11H,10H2,1-5H3,(H2,19,20,21);4-7,9,21H,8H2,1-3H3,(H2,18,19,20). The first-order chi connectivity index (χ1) is 62.4. The summed E-state index contributed by atoms with van der Waals surface area (Å²) >= 11 is 3.27. The maximum Gasteiger partial charge on any atom is 0.449 e. The van der Waals surface area contributed by atoms with Gasteiger partial charge in [0.2, 0.25) is 5.78 Å². The number of nitrogens with zero attached hydrogens (tertiary/aromatic N) is 21. The first kappa shape index (κ1) is 96.9. The maximum absolute atomic E-state index is 12.6. The van der Waals surface area contributed by atoms with E-state index in [-0.39, 0.29) is 47.8 Å². The molecule has 132 heavy (non-hydrogen) atoms. The minimum absolute atomic E-state index is 0.0562. The van der Waals surface area contributed by atoms with E-state index in [1.807, 2.05) is 164 Å². The first-order valence-electron chi connectivity index (χ1n) is 42.7. The summed E-state index contributed by atoms with van der Waals surface area (Å²) in [6.45, 7) is 33.7. The Hall–Kier alpha value is -14.1. The van der Waals surface area contributed by atoms with Gasteiger partial charge in [0.05, 0.1) is 54.6 Å². The summed E-state index contributed by atoms with van der Waals surface area (Å²) in [6.07, 6.45) is 2.28. The highest BCUT2D eigenvalue weighted by molar-refractivity contribution is 9.08. The van der Waals surface area contributed by atoms with Crippen LogP contribution >= 0.6 is 16.1 Å². The number of benzene rings is 6. The number of hydrogen-bond acceptors (Lipinski definition) is 26. The Morgan fingerprint density at radius 1 is 0.379 bits per heavy atom. The molecule has 0 atom stereocenters. The molecule has 688 valence electrons. The fraction of sp³-hybridized carbons (Fsp3) is 0.333. The third-order valence-electron chi connectivity index (χ3n) is 22.4. The van der Waals surface area contributed by atoms with E-state index < -0.39 is 35.6 Å². The van der Waals surface area contributed by atoms with Crippen molar-refractivity contribution >= 4 is 118 Å². The molecule has 0 unspecified atom stereocenters. The SMILES string of the molecule is CC(=O)CCC(C)(C)n1nc(-c2ccc(C)cc2)c2c(N)ncnc21.Cc1ccc(-c2nn(C(C)(C)CCC(=O)C(F)(F)F)c3ncnc(N)c23)cc1.Cc1ccc(-c2nn(C(C)(C)CN(C)C)c3ncnc(N)c23)cc1.Cc1ccc(-c2nn(C(C)(C)CNBr)c3ncnc(N)c23)cc1.Cc1ccc(-c2nn(C(C)(C)CNC(=O)OCc3ccccc3)c3ncnc(N)c23)cc1. The number of fused-ring (bicyclic) bond motifs is 5. The average Bonchev–Trinajstić information content (AvgIpc) is 1.63. The Morgan fingerprint density at radius 3 is 0.909 bits per heavy atom. The minimum Gasteiger partial charge on any atom is -0.445 e. The number of amides is 1. The zero-order valence-electron chi connectivity index (χ0n) is 77.4. The van der Waals surface area contributed by atoms with E-state index >= 15 is 0 Å². The van der Waals surface area contributed by atoms with Crippen LogP contribution in [0.15, 0.2) is 183 Å². The Balaban J connectivity index is 0.000000150. The number of ether oxygens (including phenoxy) is 1. The van der Waals surface area contributed by atoms with E-state index in [4.69, 9.17) is 53.8 Å². The van der Waals surface area contributed by atoms with Gasteiger partial charge >= 0.3 is 12.3 Å². The number of aryl methyl sites for hydroxylation is 5. The van der Waals surface area contributed by atoms with Gasteiger partial charge in [0.15, 0.2) is 28.2 Å². The smallest absolute Gasteiger partial charge is 0.445 e. The van der Waals surface area contributed by atoms with Crippen LogP contribution in [0.2, 0.25) is 0 Å². The molecule has 0 bridgehead atoms. The van der Waals surface area contributed by atoms with Crippen LogP contribution < -0.4 is 38.3 Å². The largest absolute Gasteiger partial charge is 0.449 e. The highest BCUT2D eigenvalue weighted by Crippen LogP contribution is 2.41. The summed E-state index contributed by atoms with van der Waals surface area (Å²) in [4.78, 5) is 79.8. The molecule has 0 aliphatic carbocycles. The molecule has 0 fully saturated rings. The summed E-state index contributed by atoms with van der Waals surface area (Å²) in [5.41, 5.74) is 46.6. The third-order valence-corrected chi connectivity index (χ3v) is 22.7. The lowest BCUT2D eigenvalue weighted by atomic mass is 9.97. The van der Waals surface area contributed by atoms with Crippen LogP contribution in [-0.4, -0.2) is 161 Å². The van der Waals surface area contributed by atoms with Crippen molar-refractivity contribution in [3.8, 4) is 56.3 Å². The zero-order chi connectivity index (χ0) is 95.7. The van der Waals surface area contributed by atoms with Crippen LogP contribution in [0.25, 0.3) is 111 Å². The molecule has 0 spiro atoms. The zero-order valence-corrected chi connectivity index (χ0v) is 79.0. The molecule has 0 radical (unpaired) electrons. The first-order valence-corrected chi connectivity index (χ1v) is 43.5. The number of halogens is 4. The normalized spacial score (nSPS) is 12.0. The average molecular weight is 1860 g/mol. The minimum atomic E-state index is -4.85. The number of likely N-dealkylation sites (N-methyl/N-ethyl adjacent to an activating group) is 1. The molecular weight excluding hydrogens is 1750 g/mol. The molecule has 0 saturated heterocycles. The summed E-state index contributed by atoms with van der Waals surface area (Å²) < 4.78 is 55.2. The number of rotatable bonds is 24. The van der Waals surface area contributed by atoms with Gasteiger partial charge in [-0.15, -0.1) is 0 Å². The van der Waals surface area contributed by atoms with Gasteiger partial charge in [-0.1, -0.05) is 179 Å². The molecule has 12 N–H and O–H groups in total. The number of carbonyl (C=O) groups is 3. The molecule has 10 heterocycles. The Bertz CT molecular complexity index is 6770. The van der Waals surface area contributed by atoms with Crippen LogP contribution in [0.5, 0.6) is 0 Å². The molecular formula is C96H112BrF3N28O4. The highest BCUT2D eigenvalue weighted by atomic mass is 79.9. The summed E-state index contributed by atoms with van der Waals surface area (Å²) in [5.74, 6) is 0.315. The fourth-order valence-corrected chi connectivity index (χ4v) is 15.7. The van der Waals surface area contributed by atoms with Gasteiger partial charge in [-0.3, -0.25) is 9.14 Å². The van der Waals surface area contributed by atoms with E-state index in [1.165, 1.54) is 53.0 Å². The number of nitrogens with two attached hydrogens (primary N) is 5. The van der Waals surface area contributed by atoms with Gasteiger partial charge < -0.3 is 48.4 Å². The van der Waals surface area contributed by atoms with E-state index in [2.05, 4.69) is 192 Å². The van der Waals surface area contributed by atoms with E-state index in [9.17, 15) is 27.6 Å². The summed E-state index contributed by atoms with van der Waals surface area (Å²) in [6, 6.07) is 49.8. The molecule has 10 aromatic heterocycles. The molecule has 0 saturated carbocycles. The molecule has 16 aromatic rings.